The fraction of sp³-hybridized carbons (Fsp3) is 0.208. The van der Waals surface area contributed by atoms with Crippen LogP contribution in [0.15, 0.2) is 66.7 Å². The molecule has 4 aromatic rings. The van der Waals surface area contributed by atoms with Gasteiger partial charge in [-0.1, -0.05) is 35.9 Å². The zero-order chi connectivity index (χ0) is 20.2. The highest BCUT2D eigenvalue weighted by atomic mass is 35.5. The van der Waals surface area contributed by atoms with Gasteiger partial charge in [0.05, 0.1) is 24.7 Å². The molecule has 0 amide bonds. The van der Waals surface area contributed by atoms with Gasteiger partial charge in [-0.05, 0) is 60.5 Å². The largest absolute Gasteiger partial charge is 0.497 e. The lowest BCUT2D eigenvalue weighted by Crippen LogP contribution is -2.11. The Kier molecular flexibility index (Phi) is 5.72. The molecule has 0 radical (unpaired) electrons. The minimum absolute atomic E-state index is 0.553. The summed E-state index contributed by atoms with van der Waals surface area (Å²) in [6.07, 6.45) is 0.749. The van der Waals surface area contributed by atoms with E-state index < -0.39 is 0 Å². The second kappa shape index (κ2) is 8.58. The maximum Gasteiger partial charge on any atom is 0.119 e. The molecule has 0 N–H and O–H groups in total. The SMILES string of the molecule is COc1ccc(Cc2nc3ccccc3n2CCOc2ccc(Cl)c(C)c2)cc1. The lowest BCUT2D eigenvalue weighted by molar-refractivity contribution is 0.298. The third-order valence-corrected chi connectivity index (χ3v) is 5.39. The van der Waals surface area contributed by atoms with E-state index in [0.717, 1.165) is 45.4 Å². The van der Waals surface area contributed by atoms with Crippen LogP contribution in [0, 0.1) is 6.92 Å². The van der Waals surface area contributed by atoms with Crippen molar-refractivity contribution >= 4 is 22.6 Å². The van der Waals surface area contributed by atoms with Crippen LogP contribution in [-0.4, -0.2) is 23.3 Å². The minimum atomic E-state index is 0.553. The molecule has 0 aliphatic carbocycles. The average Bonchev–Trinajstić information content (AvgIpc) is 3.08. The number of hydrogen-bond acceptors (Lipinski definition) is 3. The van der Waals surface area contributed by atoms with E-state index in [1.165, 1.54) is 5.56 Å². The first-order chi connectivity index (χ1) is 14.1. The van der Waals surface area contributed by atoms with Crippen LogP contribution in [-0.2, 0) is 13.0 Å². The van der Waals surface area contributed by atoms with Crippen LogP contribution in [0.1, 0.15) is 17.0 Å². The number of fused-ring (bicyclic) bond motifs is 1. The zero-order valence-electron chi connectivity index (χ0n) is 16.6. The van der Waals surface area contributed by atoms with Crippen molar-refractivity contribution in [1.29, 1.82) is 0 Å². The van der Waals surface area contributed by atoms with Gasteiger partial charge < -0.3 is 14.0 Å². The molecule has 1 aromatic heterocycles. The second-order valence-corrected chi connectivity index (χ2v) is 7.36. The zero-order valence-corrected chi connectivity index (χ0v) is 17.3. The number of benzene rings is 3. The lowest BCUT2D eigenvalue weighted by Gasteiger charge is -2.12. The predicted octanol–water partition coefficient (Wildman–Crippen LogP) is 5.68. The Balaban J connectivity index is 1.54. The number of imidazole rings is 1. The van der Waals surface area contributed by atoms with E-state index in [0.29, 0.717) is 13.2 Å². The summed E-state index contributed by atoms with van der Waals surface area (Å²) in [4.78, 5) is 4.86. The Morgan fingerprint density at radius 3 is 2.48 bits per heavy atom. The van der Waals surface area contributed by atoms with Crippen molar-refractivity contribution in [3.05, 3.63) is 88.7 Å². The number of rotatable bonds is 7. The third-order valence-electron chi connectivity index (χ3n) is 4.97. The molecular formula is C24H23ClN2O2. The van der Waals surface area contributed by atoms with Crippen molar-refractivity contribution in [1.82, 2.24) is 9.55 Å². The topological polar surface area (TPSA) is 36.3 Å². The monoisotopic (exact) mass is 406 g/mol. The standard InChI is InChI=1S/C24H23ClN2O2/c1-17-15-20(11-12-21(17)25)29-14-13-27-23-6-4-3-5-22(23)26-24(27)16-18-7-9-19(28-2)10-8-18/h3-12,15H,13-14,16H2,1-2H3. The first-order valence-electron chi connectivity index (χ1n) is 9.60. The highest BCUT2D eigenvalue weighted by Crippen LogP contribution is 2.22. The molecule has 4 nitrogen and oxygen atoms in total. The first kappa shape index (κ1) is 19.3. The van der Waals surface area contributed by atoms with Crippen LogP contribution in [0.5, 0.6) is 11.5 Å². The Morgan fingerprint density at radius 2 is 1.72 bits per heavy atom. The van der Waals surface area contributed by atoms with Gasteiger partial charge in [0.2, 0.25) is 0 Å². The number of halogens is 1. The Labute approximate surface area is 175 Å². The molecule has 0 saturated carbocycles. The van der Waals surface area contributed by atoms with Gasteiger partial charge in [-0.3, -0.25) is 0 Å². The summed E-state index contributed by atoms with van der Waals surface area (Å²) in [7, 11) is 1.68. The molecule has 148 valence electrons. The van der Waals surface area contributed by atoms with E-state index in [4.69, 9.17) is 26.1 Å². The van der Waals surface area contributed by atoms with Crippen LogP contribution in [0.2, 0.25) is 5.02 Å². The fourth-order valence-corrected chi connectivity index (χ4v) is 3.52. The maximum atomic E-state index is 6.10. The molecule has 0 saturated heterocycles. The van der Waals surface area contributed by atoms with Crippen molar-refractivity contribution in [3.63, 3.8) is 0 Å². The van der Waals surface area contributed by atoms with Crippen LogP contribution in [0.25, 0.3) is 11.0 Å². The van der Waals surface area contributed by atoms with Crippen molar-refractivity contribution in [2.24, 2.45) is 0 Å². The normalized spacial score (nSPS) is 11.0. The number of aryl methyl sites for hydroxylation is 1. The van der Waals surface area contributed by atoms with E-state index in [1.807, 2.05) is 55.5 Å². The third kappa shape index (κ3) is 4.38. The number of nitrogens with zero attached hydrogens (tertiary/aromatic N) is 2. The van der Waals surface area contributed by atoms with E-state index in [9.17, 15) is 0 Å². The number of para-hydroxylation sites is 2. The van der Waals surface area contributed by atoms with E-state index in [2.05, 4.69) is 22.8 Å². The van der Waals surface area contributed by atoms with Crippen molar-refractivity contribution in [2.45, 2.75) is 19.9 Å². The van der Waals surface area contributed by atoms with Crippen LogP contribution in [0.4, 0.5) is 0 Å². The number of hydrogen-bond donors (Lipinski definition) is 0. The van der Waals surface area contributed by atoms with Crippen LogP contribution >= 0.6 is 11.6 Å². The highest BCUT2D eigenvalue weighted by Gasteiger charge is 2.11. The summed E-state index contributed by atoms with van der Waals surface area (Å²) in [6.45, 7) is 3.25. The number of methoxy groups -OCH3 is 1. The summed E-state index contributed by atoms with van der Waals surface area (Å²) >= 11 is 6.10. The molecule has 29 heavy (non-hydrogen) atoms. The van der Waals surface area contributed by atoms with Gasteiger partial charge in [-0.15, -0.1) is 0 Å². The smallest absolute Gasteiger partial charge is 0.119 e. The number of aromatic nitrogens is 2. The Morgan fingerprint density at radius 1 is 0.966 bits per heavy atom. The molecule has 0 aliphatic rings. The van der Waals surface area contributed by atoms with Crippen molar-refractivity contribution in [3.8, 4) is 11.5 Å². The van der Waals surface area contributed by atoms with Crippen molar-refractivity contribution < 1.29 is 9.47 Å². The van der Waals surface area contributed by atoms with Crippen LogP contribution < -0.4 is 9.47 Å². The van der Waals surface area contributed by atoms with Gasteiger partial charge in [-0.2, -0.15) is 0 Å². The maximum absolute atomic E-state index is 6.10. The van der Waals surface area contributed by atoms with E-state index in [-0.39, 0.29) is 0 Å². The van der Waals surface area contributed by atoms with Gasteiger partial charge in [0, 0.05) is 11.4 Å². The van der Waals surface area contributed by atoms with Crippen molar-refractivity contribution in [2.75, 3.05) is 13.7 Å². The first-order valence-corrected chi connectivity index (χ1v) is 9.98. The molecule has 0 aliphatic heterocycles. The fourth-order valence-electron chi connectivity index (χ4n) is 3.40. The van der Waals surface area contributed by atoms with Gasteiger partial charge in [-0.25, -0.2) is 4.98 Å². The van der Waals surface area contributed by atoms with Gasteiger partial charge in [0.1, 0.15) is 23.9 Å². The van der Waals surface area contributed by atoms with E-state index >= 15 is 0 Å². The Hall–Kier alpha value is -2.98. The summed E-state index contributed by atoms with van der Waals surface area (Å²) < 4.78 is 13.5. The molecule has 3 aromatic carbocycles. The van der Waals surface area contributed by atoms with E-state index in [1.54, 1.807) is 7.11 Å². The quantitative estimate of drug-likeness (QED) is 0.396. The lowest BCUT2D eigenvalue weighted by atomic mass is 10.1. The Bertz CT molecular complexity index is 1120. The molecule has 0 bridgehead atoms. The molecule has 0 spiro atoms. The summed E-state index contributed by atoms with van der Waals surface area (Å²) in [5.41, 5.74) is 4.32. The van der Waals surface area contributed by atoms with Crippen LogP contribution in [0.3, 0.4) is 0 Å². The molecule has 0 atom stereocenters. The molecule has 0 unspecified atom stereocenters. The second-order valence-electron chi connectivity index (χ2n) is 6.95. The summed E-state index contributed by atoms with van der Waals surface area (Å²) in [5.74, 6) is 2.70. The molecule has 5 heteroatoms. The summed E-state index contributed by atoms with van der Waals surface area (Å²) in [5, 5.41) is 0.750. The molecule has 4 rings (SSSR count). The molecular weight excluding hydrogens is 384 g/mol. The predicted molar refractivity (Wildman–Crippen MR) is 117 cm³/mol. The van der Waals surface area contributed by atoms with Gasteiger partial charge >= 0.3 is 0 Å². The minimum Gasteiger partial charge on any atom is -0.497 e. The van der Waals surface area contributed by atoms with Gasteiger partial charge in [0.25, 0.3) is 0 Å². The summed E-state index contributed by atoms with van der Waals surface area (Å²) in [6, 6.07) is 22.1. The molecule has 0 fully saturated rings. The van der Waals surface area contributed by atoms with Gasteiger partial charge in [0.15, 0.2) is 0 Å². The average molecular weight is 407 g/mol. The number of ether oxygens (including phenoxy) is 2. The highest BCUT2D eigenvalue weighted by molar-refractivity contribution is 6.31. The molecule has 1 heterocycles.